The van der Waals surface area contributed by atoms with Crippen molar-refractivity contribution in [1.29, 1.82) is 0 Å². The third kappa shape index (κ3) is 1.69. The first-order valence-corrected chi connectivity index (χ1v) is 6.28. The smallest absolute Gasteiger partial charge is 0.203 e. The quantitative estimate of drug-likeness (QED) is 0.865. The van der Waals surface area contributed by atoms with E-state index in [1.54, 1.807) is 0 Å². The van der Waals surface area contributed by atoms with Gasteiger partial charge in [0.2, 0.25) is 5.13 Å². The Kier molecular flexibility index (Phi) is 2.36. The number of nitrogens with zero attached hydrogens (tertiary/aromatic N) is 4. The Balaban J connectivity index is 1.87. The Labute approximate surface area is 97.3 Å². The van der Waals surface area contributed by atoms with Crippen LogP contribution in [-0.2, 0) is 0 Å². The van der Waals surface area contributed by atoms with E-state index in [1.165, 1.54) is 37.0 Å². The van der Waals surface area contributed by atoms with E-state index in [4.69, 9.17) is 5.73 Å². The van der Waals surface area contributed by atoms with Crippen molar-refractivity contribution >= 4 is 16.5 Å². The zero-order valence-electron chi connectivity index (χ0n) is 8.83. The largest absolute Gasteiger partial charge is 0.374 e. The molecule has 6 heteroatoms. The maximum absolute atomic E-state index is 5.56. The molecule has 16 heavy (non-hydrogen) atoms. The first-order valence-electron chi connectivity index (χ1n) is 5.46. The Bertz CT molecular complexity index is 483. The van der Waals surface area contributed by atoms with Crippen LogP contribution in [0.1, 0.15) is 31.7 Å². The number of aromatic nitrogens is 4. The summed E-state index contributed by atoms with van der Waals surface area (Å²) in [5, 5.41) is 13.6. The molecule has 5 nitrogen and oxygen atoms in total. The maximum atomic E-state index is 5.56. The standard InChI is InChI=1S/C10H13N5S/c11-10-14-13-9(16-10)7-5-12-15(6-7)8-3-1-2-4-8/h5-6,8H,1-4H2,(H2,11,14). The normalized spacial score (nSPS) is 17.0. The molecule has 0 amide bonds. The lowest BCUT2D eigenvalue weighted by molar-refractivity contribution is 0.467. The van der Waals surface area contributed by atoms with Gasteiger partial charge in [-0.1, -0.05) is 24.2 Å². The highest BCUT2D eigenvalue weighted by Crippen LogP contribution is 2.31. The molecule has 0 unspecified atom stereocenters. The molecular formula is C10H13N5S. The van der Waals surface area contributed by atoms with Crippen LogP contribution in [0.15, 0.2) is 12.4 Å². The Morgan fingerprint density at radius 1 is 1.31 bits per heavy atom. The number of nitrogen functional groups attached to an aromatic ring is 1. The predicted octanol–water partition coefficient (Wildman–Crippen LogP) is 2.10. The Morgan fingerprint density at radius 2 is 2.12 bits per heavy atom. The van der Waals surface area contributed by atoms with E-state index in [9.17, 15) is 0 Å². The van der Waals surface area contributed by atoms with Crippen LogP contribution in [-0.4, -0.2) is 20.0 Å². The summed E-state index contributed by atoms with van der Waals surface area (Å²) in [6.45, 7) is 0. The van der Waals surface area contributed by atoms with E-state index in [1.807, 2.05) is 6.20 Å². The van der Waals surface area contributed by atoms with Crippen molar-refractivity contribution in [3.63, 3.8) is 0 Å². The van der Waals surface area contributed by atoms with Crippen LogP contribution in [0.2, 0.25) is 0 Å². The lowest BCUT2D eigenvalue weighted by atomic mass is 10.2. The molecule has 84 valence electrons. The van der Waals surface area contributed by atoms with Gasteiger partial charge in [-0.15, -0.1) is 10.2 Å². The van der Waals surface area contributed by atoms with E-state index < -0.39 is 0 Å². The minimum absolute atomic E-state index is 0.503. The molecule has 1 aliphatic rings. The molecule has 2 aromatic rings. The zero-order valence-corrected chi connectivity index (χ0v) is 9.65. The van der Waals surface area contributed by atoms with Crippen LogP contribution in [0.25, 0.3) is 10.6 Å². The van der Waals surface area contributed by atoms with Crippen molar-refractivity contribution in [3.8, 4) is 10.6 Å². The van der Waals surface area contributed by atoms with Crippen LogP contribution < -0.4 is 5.73 Å². The number of hydrogen-bond acceptors (Lipinski definition) is 5. The van der Waals surface area contributed by atoms with E-state index in [0.29, 0.717) is 11.2 Å². The fourth-order valence-electron chi connectivity index (χ4n) is 2.17. The van der Waals surface area contributed by atoms with Crippen LogP contribution in [0.4, 0.5) is 5.13 Å². The molecule has 3 rings (SSSR count). The molecule has 1 fully saturated rings. The Morgan fingerprint density at radius 3 is 2.81 bits per heavy atom. The van der Waals surface area contributed by atoms with Crippen molar-refractivity contribution in [2.24, 2.45) is 0 Å². The van der Waals surface area contributed by atoms with Crippen LogP contribution in [0, 0.1) is 0 Å². The highest BCUT2D eigenvalue weighted by Gasteiger charge is 2.18. The van der Waals surface area contributed by atoms with Gasteiger partial charge in [-0.2, -0.15) is 5.10 Å². The zero-order chi connectivity index (χ0) is 11.0. The minimum atomic E-state index is 0.503. The molecule has 0 spiro atoms. The van der Waals surface area contributed by atoms with Gasteiger partial charge in [0.15, 0.2) is 5.01 Å². The van der Waals surface area contributed by atoms with Gasteiger partial charge in [0.25, 0.3) is 0 Å². The van der Waals surface area contributed by atoms with Gasteiger partial charge >= 0.3 is 0 Å². The molecule has 0 bridgehead atoms. The van der Waals surface area contributed by atoms with Gasteiger partial charge < -0.3 is 5.73 Å². The molecule has 1 saturated carbocycles. The summed E-state index contributed by atoms with van der Waals surface area (Å²) < 4.78 is 2.06. The SMILES string of the molecule is Nc1nnc(-c2cnn(C3CCCC3)c2)s1. The van der Waals surface area contributed by atoms with E-state index >= 15 is 0 Å². The Hall–Kier alpha value is -1.43. The van der Waals surface area contributed by atoms with Gasteiger partial charge in [-0.25, -0.2) is 0 Å². The van der Waals surface area contributed by atoms with Crippen molar-refractivity contribution < 1.29 is 0 Å². The molecule has 1 aliphatic carbocycles. The van der Waals surface area contributed by atoms with Crippen molar-refractivity contribution in [3.05, 3.63) is 12.4 Å². The van der Waals surface area contributed by atoms with Crippen LogP contribution in [0.3, 0.4) is 0 Å². The van der Waals surface area contributed by atoms with Crippen LogP contribution >= 0.6 is 11.3 Å². The summed E-state index contributed by atoms with van der Waals surface area (Å²) in [5.41, 5.74) is 6.58. The summed E-state index contributed by atoms with van der Waals surface area (Å²) >= 11 is 1.40. The van der Waals surface area contributed by atoms with Crippen molar-refractivity contribution in [2.75, 3.05) is 5.73 Å². The monoisotopic (exact) mass is 235 g/mol. The molecule has 0 aliphatic heterocycles. The highest BCUT2D eigenvalue weighted by atomic mass is 32.1. The second-order valence-electron chi connectivity index (χ2n) is 4.09. The molecule has 0 saturated heterocycles. The fourth-order valence-corrected chi connectivity index (χ4v) is 2.75. The lowest BCUT2D eigenvalue weighted by Crippen LogP contribution is -2.04. The van der Waals surface area contributed by atoms with Gasteiger partial charge in [-0.05, 0) is 12.8 Å². The molecule has 2 heterocycles. The average Bonchev–Trinajstić information content (AvgIpc) is 2.97. The molecule has 0 atom stereocenters. The second-order valence-corrected chi connectivity index (χ2v) is 5.10. The first-order chi connectivity index (χ1) is 7.83. The van der Waals surface area contributed by atoms with Crippen LogP contribution in [0.5, 0.6) is 0 Å². The molecule has 2 N–H and O–H groups in total. The predicted molar refractivity (Wildman–Crippen MR) is 63.0 cm³/mol. The topological polar surface area (TPSA) is 69.6 Å². The van der Waals surface area contributed by atoms with Crippen molar-refractivity contribution in [1.82, 2.24) is 20.0 Å². The number of anilines is 1. The van der Waals surface area contributed by atoms with Crippen molar-refractivity contribution in [2.45, 2.75) is 31.7 Å². The van der Waals surface area contributed by atoms with Gasteiger partial charge in [0.05, 0.1) is 17.8 Å². The van der Waals surface area contributed by atoms with Gasteiger partial charge in [0, 0.05) is 6.20 Å². The van der Waals surface area contributed by atoms with Gasteiger partial charge in [0.1, 0.15) is 0 Å². The number of hydrogen-bond donors (Lipinski definition) is 1. The van der Waals surface area contributed by atoms with E-state index in [-0.39, 0.29) is 0 Å². The first kappa shape index (κ1) is 9.77. The molecular weight excluding hydrogens is 222 g/mol. The maximum Gasteiger partial charge on any atom is 0.203 e. The van der Waals surface area contributed by atoms with Gasteiger partial charge in [-0.3, -0.25) is 4.68 Å². The summed E-state index contributed by atoms with van der Waals surface area (Å²) in [7, 11) is 0. The average molecular weight is 235 g/mol. The number of nitrogens with two attached hydrogens (primary N) is 1. The summed E-state index contributed by atoms with van der Waals surface area (Å²) in [6, 6.07) is 0.569. The summed E-state index contributed by atoms with van der Waals surface area (Å²) in [4.78, 5) is 0. The summed E-state index contributed by atoms with van der Waals surface area (Å²) in [6.07, 6.45) is 8.99. The molecule has 0 aromatic carbocycles. The van der Waals surface area contributed by atoms with E-state index in [2.05, 4.69) is 26.2 Å². The summed E-state index contributed by atoms with van der Waals surface area (Å²) in [5.74, 6) is 0. The molecule has 2 aromatic heterocycles. The second kappa shape index (κ2) is 3.86. The third-order valence-corrected chi connectivity index (χ3v) is 3.79. The highest BCUT2D eigenvalue weighted by molar-refractivity contribution is 7.18. The molecule has 0 radical (unpaired) electrons. The third-order valence-electron chi connectivity index (χ3n) is 2.99. The fraction of sp³-hybridized carbons (Fsp3) is 0.500. The lowest BCUT2D eigenvalue weighted by Gasteiger charge is -2.08. The van der Waals surface area contributed by atoms with E-state index in [0.717, 1.165) is 10.6 Å². The minimum Gasteiger partial charge on any atom is -0.374 e. The number of rotatable bonds is 2.